The number of hydrogen-bond acceptors (Lipinski definition) is 2. The summed E-state index contributed by atoms with van der Waals surface area (Å²) in [5, 5.41) is 0.439. The molecule has 0 radical (unpaired) electrons. The van der Waals surface area contributed by atoms with Crippen molar-refractivity contribution in [2.24, 2.45) is 0 Å². The second-order valence-electron chi connectivity index (χ2n) is 6.17. The van der Waals surface area contributed by atoms with Crippen molar-refractivity contribution in [2.75, 3.05) is 26.2 Å². The highest BCUT2D eigenvalue weighted by atomic mass is 35.5. The maximum absolute atomic E-state index is 13.9. The summed E-state index contributed by atoms with van der Waals surface area (Å²) < 4.78 is 15.3. The molecule has 1 saturated heterocycles. The van der Waals surface area contributed by atoms with Crippen LogP contribution in [0.3, 0.4) is 0 Å². The highest BCUT2D eigenvalue weighted by Gasteiger charge is 2.25. The van der Waals surface area contributed by atoms with Crippen LogP contribution in [0.1, 0.15) is 5.56 Å². The van der Waals surface area contributed by atoms with Gasteiger partial charge < -0.3 is 14.4 Å². The lowest BCUT2D eigenvalue weighted by atomic mass is 10.2. The standard InChI is InChI=1S/C18H19ClFN3O2/c19-15-4-3-5-16(20)14(15)12-21-8-10-22(11-9-21)18(25)13-23-7-2-1-6-17(23)24/h1-7H,8-13H2/p+1. The van der Waals surface area contributed by atoms with Crippen LogP contribution >= 0.6 is 11.6 Å². The van der Waals surface area contributed by atoms with Crippen LogP contribution < -0.4 is 10.5 Å². The van der Waals surface area contributed by atoms with Crippen molar-refractivity contribution in [3.05, 3.63) is 69.4 Å². The molecule has 3 rings (SSSR count). The van der Waals surface area contributed by atoms with Gasteiger partial charge in [0.2, 0.25) is 5.91 Å². The Kier molecular flexibility index (Phi) is 5.50. The molecule has 5 nitrogen and oxygen atoms in total. The van der Waals surface area contributed by atoms with Crippen molar-refractivity contribution < 1.29 is 14.1 Å². The van der Waals surface area contributed by atoms with E-state index in [0.29, 0.717) is 30.2 Å². The number of quaternary nitrogens is 1. The van der Waals surface area contributed by atoms with Gasteiger partial charge in [0.05, 0.1) is 36.8 Å². The van der Waals surface area contributed by atoms with E-state index in [0.717, 1.165) is 13.1 Å². The first-order chi connectivity index (χ1) is 12.0. The maximum atomic E-state index is 13.9. The molecule has 1 N–H and O–H groups in total. The first kappa shape index (κ1) is 17.6. The second kappa shape index (κ2) is 7.80. The van der Waals surface area contributed by atoms with Gasteiger partial charge in [-0.05, 0) is 18.2 Å². The van der Waals surface area contributed by atoms with Crippen LogP contribution in [0, 0.1) is 5.82 Å². The lowest BCUT2D eigenvalue weighted by molar-refractivity contribution is -0.917. The summed E-state index contributed by atoms with van der Waals surface area (Å²) in [6, 6.07) is 9.52. The van der Waals surface area contributed by atoms with E-state index < -0.39 is 0 Å². The fourth-order valence-electron chi connectivity index (χ4n) is 3.04. The number of amides is 1. The molecular formula is C18H20ClFN3O2+. The van der Waals surface area contributed by atoms with Gasteiger partial charge in [0.15, 0.2) is 0 Å². The van der Waals surface area contributed by atoms with Gasteiger partial charge >= 0.3 is 0 Å². The summed E-state index contributed by atoms with van der Waals surface area (Å²) in [4.78, 5) is 27.0. The van der Waals surface area contributed by atoms with Crippen LogP contribution in [0.15, 0.2) is 47.4 Å². The Morgan fingerprint density at radius 1 is 1.16 bits per heavy atom. The molecule has 0 unspecified atom stereocenters. The average molecular weight is 365 g/mol. The van der Waals surface area contributed by atoms with E-state index in [-0.39, 0.29) is 23.8 Å². The molecule has 0 spiro atoms. The van der Waals surface area contributed by atoms with Crippen LogP contribution in [-0.2, 0) is 17.9 Å². The van der Waals surface area contributed by atoms with Gasteiger partial charge in [0, 0.05) is 12.3 Å². The lowest BCUT2D eigenvalue weighted by Crippen LogP contribution is -3.13. The molecule has 2 aromatic rings. The summed E-state index contributed by atoms with van der Waals surface area (Å²) in [7, 11) is 0. The zero-order valence-electron chi connectivity index (χ0n) is 13.8. The number of halogens is 2. The molecule has 25 heavy (non-hydrogen) atoms. The molecule has 1 aliphatic heterocycles. The second-order valence-corrected chi connectivity index (χ2v) is 6.58. The number of rotatable bonds is 4. The first-order valence-electron chi connectivity index (χ1n) is 8.24. The minimum Gasteiger partial charge on any atom is -0.330 e. The van der Waals surface area contributed by atoms with E-state index in [1.807, 2.05) is 0 Å². The third-order valence-electron chi connectivity index (χ3n) is 4.52. The van der Waals surface area contributed by atoms with Gasteiger partial charge in [0.25, 0.3) is 5.56 Å². The number of nitrogens with one attached hydrogen (secondary N) is 1. The highest BCUT2D eigenvalue weighted by molar-refractivity contribution is 6.31. The Morgan fingerprint density at radius 3 is 2.60 bits per heavy atom. The van der Waals surface area contributed by atoms with Crippen molar-refractivity contribution >= 4 is 17.5 Å². The Labute approximate surface area is 150 Å². The molecule has 0 atom stereocenters. The molecule has 132 valence electrons. The SMILES string of the molecule is O=C(Cn1ccccc1=O)N1CC[NH+](Cc2c(F)cccc2Cl)CC1. The Balaban J connectivity index is 1.56. The molecule has 2 heterocycles. The van der Waals surface area contributed by atoms with E-state index in [2.05, 4.69) is 0 Å². The Bertz CT molecular complexity index is 796. The van der Waals surface area contributed by atoms with E-state index in [1.54, 1.807) is 35.4 Å². The zero-order valence-corrected chi connectivity index (χ0v) is 14.5. The lowest BCUT2D eigenvalue weighted by Gasteiger charge is -2.32. The van der Waals surface area contributed by atoms with E-state index in [4.69, 9.17) is 11.6 Å². The van der Waals surface area contributed by atoms with Gasteiger partial charge in [-0.25, -0.2) is 4.39 Å². The predicted molar refractivity (Wildman–Crippen MR) is 93.1 cm³/mol. The van der Waals surface area contributed by atoms with Crippen molar-refractivity contribution in [3.8, 4) is 0 Å². The van der Waals surface area contributed by atoms with Gasteiger partial charge in [0.1, 0.15) is 18.9 Å². The minimum atomic E-state index is -0.290. The van der Waals surface area contributed by atoms with Crippen LogP contribution in [0.2, 0.25) is 5.02 Å². The van der Waals surface area contributed by atoms with Gasteiger partial charge in [-0.15, -0.1) is 0 Å². The smallest absolute Gasteiger partial charge is 0.250 e. The Morgan fingerprint density at radius 2 is 1.92 bits per heavy atom. The fraction of sp³-hybridized carbons (Fsp3) is 0.333. The normalized spacial score (nSPS) is 15.4. The summed E-state index contributed by atoms with van der Waals surface area (Å²) in [5.41, 5.74) is 0.337. The first-order valence-corrected chi connectivity index (χ1v) is 8.62. The van der Waals surface area contributed by atoms with Crippen molar-refractivity contribution in [1.29, 1.82) is 0 Å². The molecule has 0 aliphatic carbocycles. The van der Waals surface area contributed by atoms with Crippen LogP contribution in [0.4, 0.5) is 4.39 Å². The van der Waals surface area contributed by atoms with Gasteiger partial charge in [-0.2, -0.15) is 0 Å². The van der Waals surface area contributed by atoms with E-state index in [1.165, 1.54) is 21.6 Å². The number of carbonyl (C=O) groups is 1. The molecule has 0 saturated carbocycles. The fourth-order valence-corrected chi connectivity index (χ4v) is 3.27. The van der Waals surface area contributed by atoms with Crippen LogP contribution in [0.25, 0.3) is 0 Å². The summed E-state index contributed by atoms with van der Waals surface area (Å²) in [5.74, 6) is -0.363. The quantitative estimate of drug-likeness (QED) is 0.862. The molecule has 1 amide bonds. The van der Waals surface area contributed by atoms with E-state index in [9.17, 15) is 14.0 Å². The van der Waals surface area contributed by atoms with Crippen molar-refractivity contribution in [2.45, 2.75) is 13.1 Å². The predicted octanol–water partition coefficient (Wildman–Crippen LogP) is 0.568. The number of aromatic nitrogens is 1. The van der Waals surface area contributed by atoms with Gasteiger partial charge in [-0.1, -0.05) is 23.7 Å². The number of benzene rings is 1. The summed E-state index contributed by atoms with van der Waals surface area (Å²) in [6.45, 7) is 3.17. The monoisotopic (exact) mass is 364 g/mol. The van der Waals surface area contributed by atoms with Gasteiger partial charge in [-0.3, -0.25) is 9.59 Å². The molecular weight excluding hydrogens is 345 g/mol. The van der Waals surface area contributed by atoms with Crippen LogP contribution in [-0.4, -0.2) is 41.6 Å². The molecule has 7 heteroatoms. The molecule has 1 aromatic carbocycles. The van der Waals surface area contributed by atoms with Crippen molar-refractivity contribution in [1.82, 2.24) is 9.47 Å². The largest absolute Gasteiger partial charge is 0.330 e. The maximum Gasteiger partial charge on any atom is 0.250 e. The Hall–Kier alpha value is -2.18. The third kappa shape index (κ3) is 4.27. The number of carbonyl (C=O) groups excluding carboxylic acids is 1. The summed E-state index contributed by atoms with van der Waals surface area (Å²) in [6.07, 6.45) is 1.61. The minimum absolute atomic E-state index is 0.0498. The van der Waals surface area contributed by atoms with E-state index >= 15 is 0 Å². The average Bonchev–Trinajstić information content (AvgIpc) is 2.61. The topological polar surface area (TPSA) is 46.8 Å². The van der Waals surface area contributed by atoms with Crippen LogP contribution in [0.5, 0.6) is 0 Å². The number of pyridine rings is 1. The molecule has 1 aliphatic rings. The number of piperazine rings is 1. The molecule has 0 bridgehead atoms. The summed E-state index contributed by atoms with van der Waals surface area (Å²) >= 11 is 6.08. The third-order valence-corrected chi connectivity index (χ3v) is 4.87. The highest BCUT2D eigenvalue weighted by Crippen LogP contribution is 2.17. The number of nitrogens with zero attached hydrogens (tertiary/aromatic N) is 2. The van der Waals surface area contributed by atoms with Crippen molar-refractivity contribution in [3.63, 3.8) is 0 Å². The number of hydrogen-bond donors (Lipinski definition) is 1. The molecule has 1 aromatic heterocycles. The molecule has 1 fully saturated rings. The zero-order chi connectivity index (χ0) is 17.8.